The zero-order valence-corrected chi connectivity index (χ0v) is 9.70. The molecule has 0 bridgehead atoms. The Balaban J connectivity index is 2.64. The minimum Gasteiger partial charge on any atom is -0.483 e. The number of carbonyl (C=O) groups is 1. The lowest BCUT2D eigenvalue weighted by molar-refractivity contribution is -0.137. The predicted octanol–water partition coefficient (Wildman–Crippen LogP) is 1.99. The van der Waals surface area contributed by atoms with Crippen molar-refractivity contribution in [1.82, 2.24) is 0 Å². The molecule has 1 heterocycles. The smallest absolute Gasteiger partial charge is 0.241 e. The van der Waals surface area contributed by atoms with E-state index in [4.69, 9.17) is 14.2 Å². The molecule has 1 rings (SSSR count). The molecule has 1 aliphatic heterocycles. The molecule has 0 spiro atoms. The summed E-state index contributed by atoms with van der Waals surface area (Å²) in [7, 11) is 0. The molecule has 0 aliphatic carbocycles. The van der Waals surface area contributed by atoms with Gasteiger partial charge in [0.05, 0.1) is 0 Å². The Hall–Kier alpha value is -1.03. The fourth-order valence-corrected chi connectivity index (χ4v) is 1.42. The van der Waals surface area contributed by atoms with Crippen LogP contribution in [0.1, 0.15) is 34.1 Å². The van der Waals surface area contributed by atoms with Crippen LogP contribution < -0.4 is 0 Å². The van der Waals surface area contributed by atoms with Gasteiger partial charge in [-0.1, -0.05) is 6.92 Å². The van der Waals surface area contributed by atoms with Crippen LogP contribution in [0.25, 0.3) is 0 Å². The lowest BCUT2D eigenvalue weighted by Gasteiger charge is -2.16. The number of hydrogen-bond acceptors (Lipinski definition) is 4. The van der Waals surface area contributed by atoms with E-state index in [9.17, 15) is 4.79 Å². The molecule has 1 aliphatic rings. The Morgan fingerprint density at radius 3 is 2.53 bits per heavy atom. The Bertz CT molecular complexity index is 270. The highest BCUT2D eigenvalue weighted by molar-refractivity contribution is 5.99. The van der Waals surface area contributed by atoms with Crippen molar-refractivity contribution in [2.75, 3.05) is 6.61 Å². The Labute approximate surface area is 90.2 Å². The second-order valence-corrected chi connectivity index (χ2v) is 3.42. The zero-order valence-electron chi connectivity index (χ0n) is 9.70. The first-order chi connectivity index (χ1) is 7.10. The van der Waals surface area contributed by atoms with Gasteiger partial charge in [-0.25, -0.2) is 0 Å². The van der Waals surface area contributed by atoms with Crippen LogP contribution in [0.4, 0.5) is 0 Å². The van der Waals surface area contributed by atoms with Crippen LogP contribution in [0.15, 0.2) is 11.5 Å². The monoisotopic (exact) mass is 214 g/mol. The van der Waals surface area contributed by atoms with Crippen LogP contribution in [0.5, 0.6) is 0 Å². The van der Waals surface area contributed by atoms with Crippen molar-refractivity contribution in [2.24, 2.45) is 0 Å². The Morgan fingerprint density at radius 2 is 2.13 bits per heavy atom. The second-order valence-electron chi connectivity index (χ2n) is 3.42. The van der Waals surface area contributed by atoms with E-state index in [0.29, 0.717) is 24.5 Å². The highest BCUT2D eigenvalue weighted by Gasteiger charge is 2.32. The summed E-state index contributed by atoms with van der Waals surface area (Å²) >= 11 is 0. The van der Waals surface area contributed by atoms with Crippen molar-refractivity contribution in [3.8, 4) is 0 Å². The average molecular weight is 214 g/mol. The third-order valence-corrected chi connectivity index (χ3v) is 2.20. The maximum Gasteiger partial charge on any atom is 0.241 e. The van der Waals surface area contributed by atoms with Gasteiger partial charge in [-0.15, -0.1) is 0 Å². The number of ether oxygens (including phenoxy) is 3. The number of Topliss-reactive ketones (excluding diaryl/α,β-unsaturated/α-hetero) is 1. The number of rotatable bonds is 5. The Kier molecular flexibility index (Phi) is 4.15. The molecule has 0 aromatic heterocycles. The van der Waals surface area contributed by atoms with E-state index in [1.807, 2.05) is 13.8 Å². The molecule has 0 fully saturated rings. The van der Waals surface area contributed by atoms with Crippen molar-refractivity contribution in [2.45, 2.75) is 46.5 Å². The molecule has 4 heteroatoms. The van der Waals surface area contributed by atoms with E-state index in [2.05, 4.69) is 0 Å². The van der Waals surface area contributed by atoms with Gasteiger partial charge in [0.25, 0.3) is 0 Å². The van der Waals surface area contributed by atoms with Crippen LogP contribution >= 0.6 is 0 Å². The predicted molar refractivity (Wildman–Crippen MR) is 55.0 cm³/mol. The van der Waals surface area contributed by atoms with Gasteiger partial charge in [-0.05, 0) is 20.8 Å². The normalized spacial score (nSPS) is 22.9. The van der Waals surface area contributed by atoms with E-state index < -0.39 is 6.10 Å². The van der Waals surface area contributed by atoms with Crippen molar-refractivity contribution in [3.05, 3.63) is 11.5 Å². The van der Waals surface area contributed by atoms with Crippen molar-refractivity contribution in [3.63, 3.8) is 0 Å². The topological polar surface area (TPSA) is 44.8 Å². The largest absolute Gasteiger partial charge is 0.483 e. The van der Waals surface area contributed by atoms with Gasteiger partial charge < -0.3 is 14.2 Å². The lowest BCUT2D eigenvalue weighted by atomic mass is 10.2. The fourth-order valence-electron chi connectivity index (χ4n) is 1.42. The van der Waals surface area contributed by atoms with Gasteiger partial charge in [-0.2, -0.15) is 0 Å². The molecule has 0 saturated carbocycles. The first kappa shape index (κ1) is 12.0. The number of allylic oxidation sites excluding steroid dienone is 1. The number of hydrogen-bond donors (Lipinski definition) is 0. The first-order valence-corrected chi connectivity index (χ1v) is 5.30. The molecule has 0 aromatic carbocycles. The molecule has 0 N–H and O–H groups in total. The van der Waals surface area contributed by atoms with Gasteiger partial charge in [-0.3, -0.25) is 4.79 Å². The van der Waals surface area contributed by atoms with Crippen molar-refractivity contribution < 1.29 is 19.0 Å². The van der Waals surface area contributed by atoms with E-state index in [-0.39, 0.29) is 12.1 Å². The minimum atomic E-state index is -0.431. The van der Waals surface area contributed by atoms with Gasteiger partial charge in [0.1, 0.15) is 5.76 Å². The lowest BCUT2D eigenvalue weighted by Crippen LogP contribution is -2.21. The fraction of sp³-hybridized carbons (Fsp3) is 0.727. The van der Waals surface area contributed by atoms with E-state index >= 15 is 0 Å². The SMILES string of the molecule is CCOC(CC)OC1=C(C)OC(C)C1=O. The van der Waals surface area contributed by atoms with Crippen LogP contribution in [0, 0.1) is 0 Å². The third kappa shape index (κ3) is 2.72. The standard InChI is InChI=1S/C11H18O4/c1-5-9(13-6-2)15-11-8(4)14-7(3)10(11)12/h7,9H,5-6H2,1-4H3. The molecule has 86 valence electrons. The Morgan fingerprint density at radius 1 is 1.47 bits per heavy atom. The summed E-state index contributed by atoms with van der Waals surface area (Å²) in [5.41, 5.74) is 0. The van der Waals surface area contributed by atoms with Gasteiger partial charge in [0.15, 0.2) is 12.4 Å². The summed E-state index contributed by atoms with van der Waals surface area (Å²) < 4.78 is 16.1. The second kappa shape index (κ2) is 5.16. The van der Waals surface area contributed by atoms with Crippen molar-refractivity contribution >= 4 is 5.78 Å². The van der Waals surface area contributed by atoms with Crippen LogP contribution in [-0.4, -0.2) is 24.8 Å². The van der Waals surface area contributed by atoms with Gasteiger partial charge >= 0.3 is 0 Å². The van der Waals surface area contributed by atoms with E-state index in [1.165, 1.54) is 0 Å². The molecular formula is C11H18O4. The zero-order chi connectivity index (χ0) is 11.4. The average Bonchev–Trinajstić information content (AvgIpc) is 2.44. The number of ketones is 1. The highest BCUT2D eigenvalue weighted by atomic mass is 16.7. The molecular weight excluding hydrogens is 196 g/mol. The minimum absolute atomic E-state index is 0.106. The molecule has 0 saturated heterocycles. The summed E-state index contributed by atoms with van der Waals surface area (Å²) in [6, 6.07) is 0. The molecule has 2 atom stereocenters. The molecule has 2 unspecified atom stereocenters. The molecule has 0 radical (unpaired) electrons. The third-order valence-electron chi connectivity index (χ3n) is 2.20. The highest BCUT2D eigenvalue weighted by Crippen LogP contribution is 2.24. The molecule has 4 nitrogen and oxygen atoms in total. The molecule has 0 aromatic rings. The van der Waals surface area contributed by atoms with Gasteiger partial charge in [0.2, 0.25) is 11.5 Å². The molecule has 15 heavy (non-hydrogen) atoms. The van der Waals surface area contributed by atoms with Crippen LogP contribution in [0.3, 0.4) is 0 Å². The summed E-state index contributed by atoms with van der Waals surface area (Å²) in [6.45, 7) is 7.84. The van der Waals surface area contributed by atoms with Crippen LogP contribution in [0.2, 0.25) is 0 Å². The van der Waals surface area contributed by atoms with Gasteiger partial charge in [0, 0.05) is 13.0 Å². The summed E-state index contributed by atoms with van der Waals surface area (Å²) in [6.07, 6.45) is -0.0938. The maximum atomic E-state index is 11.6. The first-order valence-electron chi connectivity index (χ1n) is 5.30. The van der Waals surface area contributed by atoms with Crippen molar-refractivity contribution in [1.29, 1.82) is 0 Å². The summed E-state index contributed by atoms with van der Waals surface area (Å²) in [5, 5.41) is 0. The molecule has 0 amide bonds. The summed E-state index contributed by atoms with van der Waals surface area (Å²) in [4.78, 5) is 11.6. The quantitative estimate of drug-likeness (QED) is 0.656. The maximum absolute atomic E-state index is 11.6. The van der Waals surface area contributed by atoms with E-state index in [1.54, 1.807) is 13.8 Å². The van der Waals surface area contributed by atoms with E-state index in [0.717, 1.165) is 0 Å². The summed E-state index contributed by atoms with van der Waals surface area (Å²) in [5.74, 6) is 0.749. The van der Waals surface area contributed by atoms with Crippen LogP contribution in [-0.2, 0) is 19.0 Å². The number of carbonyl (C=O) groups excluding carboxylic acids is 1.